The van der Waals surface area contributed by atoms with Gasteiger partial charge in [-0.2, -0.15) is 0 Å². The molecule has 1 aliphatic rings. The lowest BCUT2D eigenvalue weighted by molar-refractivity contribution is -0.122. The first-order chi connectivity index (χ1) is 10.1. The number of nitrogens with zero attached hydrogens (tertiary/aromatic N) is 2. The quantitative estimate of drug-likeness (QED) is 0.870. The fraction of sp³-hybridized carbons (Fsp3) is 0.143. The van der Waals surface area contributed by atoms with E-state index in [0.717, 1.165) is 0 Å². The summed E-state index contributed by atoms with van der Waals surface area (Å²) in [6.07, 6.45) is 3.71. The molecule has 106 valence electrons. The molecule has 2 amide bonds. The standard InChI is InChI=1S/C14H12N4O3/c1-8-13(19)18-12-9(3-2-4-11(12)21-8)17-14(20)10-7-15-5-6-16-10/h2-8H,1H3,(H,17,20)(H,18,19). The van der Waals surface area contributed by atoms with E-state index in [1.807, 2.05) is 0 Å². The summed E-state index contributed by atoms with van der Waals surface area (Å²) in [4.78, 5) is 31.5. The number of amides is 2. The molecule has 0 radical (unpaired) electrons. The van der Waals surface area contributed by atoms with Gasteiger partial charge in [0.2, 0.25) is 0 Å². The number of hydrogen-bond donors (Lipinski definition) is 2. The van der Waals surface area contributed by atoms with E-state index >= 15 is 0 Å². The molecule has 1 aromatic heterocycles. The van der Waals surface area contributed by atoms with Gasteiger partial charge in [-0.1, -0.05) is 6.07 Å². The molecule has 0 bridgehead atoms. The van der Waals surface area contributed by atoms with Gasteiger partial charge in [0.1, 0.15) is 17.1 Å². The number of hydrogen-bond acceptors (Lipinski definition) is 5. The van der Waals surface area contributed by atoms with Crippen molar-refractivity contribution >= 4 is 23.2 Å². The van der Waals surface area contributed by atoms with E-state index in [4.69, 9.17) is 4.74 Å². The van der Waals surface area contributed by atoms with Gasteiger partial charge in [-0.3, -0.25) is 14.6 Å². The van der Waals surface area contributed by atoms with Gasteiger partial charge in [0, 0.05) is 12.4 Å². The van der Waals surface area contributed by atoms with Crippen LogP contribution in [-0.2, 0) is 4.79 Å². The van der Waals surface area contributed by atoms with Gasteiger partial charge in [0.25, 0.3) is 11.8 Å². The van der Waals surface area contributed by atoms with E-state index in [-0.39, 0.29) is 11.6 Å². The Balaban J connectivity index is 1.89. The molecule has 0 aliphatic carbocycles. The van der Waals surface area contributed by atoms with Crippen LogP contribution in [0.1, 0.15) is 17.4 Å². The maximum absolute atomic E-state index is 12.1. The molecule has 0 saturated carbocycles. The summed E-state index contributed by atoms with van der Waals surface area (Å²) in [5.74, 6) is -0.160. The molecule has 7 heteroatoms. The number of para-hydroxylation sites is 1. The predicted octanol–water partition coefficient (Wildman–Crippen LogP) is 1.45. The molecule has 0 spiro atoms. The molecule has 21 heavy (non-hydrogen) atoms. The van der Waals surface area contributed by atoms with Crippen molar-refractivity contribution in [1.29, 1.82) is 0 Å². The number of anilines is 2. The lowest BCUT2D eigenvalue weighted by Crippen LogP contribution is -2.34. The minimum atomic E-state index is -0.566. The molecule has 1 aromatic carbocycles. The number of carbonyl (C=O) groups is 2. The molecule has 0 fully saturated rings. The third kappa shape index (κ3) is 2.53. The summed E-state index contributed by atoms with van der Waals surface area (Å²) < 4.78 is 5.48. The normalized spacial score (nSPS) is 16.4. The number of rotatable bonds is 2. The Morgan fingerprint density at radius 1 is 1.38 bits per heavy atom. The van der Waals surface area contributed by atoms with Gasteiger partial charge in [0.05, 0.1) is 11.9 Å². The largest absolute Gasteiger partial charge is 0.479 e. The van der Waals surface area contributed by atoms with E-state index < -0.39 is 12.0 Å². The van der Waals surface area contributed by atoms with E-state index in [1.165, 1.54) is 18.6 Å². The third-order valence-corrected chi connectivity index (χ3v) is 2.99. The molecule has 1 aliphatic heterocycles. The zero-order chi connectivity index (χ0) is 14.8. The summed E-state index contributed by atoms with van der Waals surface area (Å²) in [6.45, 7) is 1.66. The molecular formula is C14H12N4O3. The van der Waals surface area contributed by atoms with Crippen molar-refractivity contribution in [3.63, 3.8) is 0 Å². The van der Waals surface area contributed by atoms with Gasteiger partial charge in [-0.05, 0) is 19.1 Å². The monoisotopic (exact) mass is 284 g/mol. The van der Waals surface area contributed by atoms with Gasteiger partial charge >= 0.3 is 0 Å². The van der Waals surface area contributed by atoms with Gasteiger partial charge in [0.15, 0.2) is 6.10 Å². The summed E-state index contributed by atoms with van der Waals surface area (Å²) in [5.41, 5.74) is 1.08. The summed E-state index contributed by atoms with van der Waals surface area (Å²) >= 11 is 0. The van der Waals surface area contributed by atoms with Crippen LogP contribution in [0.2, 0.25) is 0 Å². The molecule has 2 heterocycles. The fourth-order valence-electron chi connectivity index (χ4n) is 1.93. The van der Waals surface area contributed by atoms with E-state index in [0.29, 0.717) is 17.1 Å². The molecule has 1 atom stereocenters. The maximum Gasteiger partial charge on any atom is 0.275 e. The average Bonchev–Trinajstić information content (AvgIpc) is 2.50. The zero-order valence-electron chi connectivity index (χ0n) is 11.2. The van der Waals surface area contributed by atoms with Crippen LogP contribution in [0.4, 0.5) is 11.4 Å². The Kier molecular flexibility index (Phi) is 3.23. The summed E-state index contributed by atoms with van der Waals surface area (Å²) in [7, 11) is 0. The fourth-order valence-corrected chi connectivity index (χ4v) is 1.93. The Morgan fingerprint density at radius 2 is 2.24 bits per heavy atom. The van der Waals surface area contributed by atoms with Gasteiger partial charge < -0.3 is 15.4 Å². The van der Waals surface area contributed by atoms with Crippen LogP contribution in [0.3, 0.4) is 0 Å². The first kappa shape index (κ1) is 13.0. The van der Waals surface area contributed by atoms with Crippen LogP contribution >= 0.6 is 0 Å². The number of fused-ring (bicyclic) bond motifs is 1. The van der Waals surface area contributed by atoms with Crippen molar-refractivity contribution in [2.24, 2.45) is 0 Å². The lowest BCUT2D eigenvalue weighted by Gasteiger charge is -2.25. The first-order valence-corrected chi connectivity index (χ1v) is 6.33. The number of nitrogens with one attached hydrogen (secondary N) is 2. The highest BCUT2D eigenvalue weighted by Crippen LogP contribution is 2.36. The smallest absolute Gasteiger partial charge is 0.275 e. The highest BCUT2D eigenvalue weighted by Gasteiger charge is 2.26. The molecule has 0 saturated heterocycles. The Hall–Kier alpha value is -2.96. The van der Waals surface area contributed by atoms with Crippen LogP contribution in [-0.4, -0.2) is 27.9 Å². The number of ether oxygens (including phenoxy) is 1. The average molecular weight is 284 g/mol. The first-order valence-electron chi connectivity index (χ1n) is 6.33. The minimum absolute atomic E-state index is 0.187. The Labute approximate surface area is 120 Å². The van der Waals surface area contributed by atoms with E-state index in [9.17, 15) is 9.59 Å². The van der Waals surface area contributed by atoms with Gasteiger partial charge in [-0.15, -0.1) is 0 Å². The molecule has 3 rings (SSSR count). The predicted molar refractivity (Wildman–Crippen MR) is 75.1 cm³/mol. The van der Waals surface area contributed by atoms with Crippen LogP contribution in [0.15, 0.2) is 36.8 Å². The van der Waals surface area contributed by atoms with Gasteiger partial charge in [-0.25, -0.2) is 4.98 Å². The number of aromatic nitrogens is 2. The summed E-state index contributed by atoms with van der Waals surface area (Å²) in [6, 6.07) is 5.13. The summed E-state index contributed by atoms with van der Waals surface area (Å²) in [5, 5.41) is 5.41. The van der Waals surface area contributed by atoms with E-state index in [2.05, 4.69) is 20.6 Å². The van der Waals surface area contributed by atoms with Crippen molar-refractivity contribution in [3.05, 3.63) is 42.5 Å². The highest BCUT2D eigenvalue weighted by atomic mass is 16.5. The van der Waals surface area contributed by atoms with Crippen molar-refractivity contribution < 1.29 is 14.3 Å². The second kappa shape index (κ2) is 5.20. The molecule has 1 unspecified atom stereocenters. The van der Waals surface area contributed by atoms with Crippen LogP contribution in [0.25, 0.3) is 0 Å². The number of carbonyl (C=O) groups excluding carboxylic acids is 2. The molecular weight excluding hydrogens is 272 g/mol. The van der Waals surface area contributed by atoms with Crippen LogP contribution < -0.4 is 15.4 Å². The van der Waals surface area contributed by atoms with E-state index in [1.54, 1.807) is 25.1 Å². The Morgan fingerprint density at radius 3 is 3.00 bits per heavy atom. The third-order valence-electron chi connectivity index (χ3n) is 2.99. The van der Waals surface area contributed by atoms with Crippen molar-refractivity contribution in [2.75, 3.05) is 10.6 Å². The number of benzene rings is 1. The molecule has 2 aromatic rings. The highest BCUT2D eigenvalue weighted by molar-refractivity contribution is 6.08. The van der Waals surface area contributed by atoms with Crippen molar-refractivity contribution in [3.8, 4) is 5.75 Å². The van der Waals surface area contributed by atoms with Crippen molar-refractivity contribution in [1.82, 2.24) is 9.97 Å². The SMILES string of the molecule is CC1Oc2cccc(NC(=O)c3cnccn3)c2NC1=O. The topological polar surface area (TPSA) is 93.2 Å². The minimum Gasteiger partial charge on any atom is -0.479 e. The zero-order valence-corrected chi connectivity index (χ0v) is 11.2. The second-order valence-electron chi connectivity index (χ2n) is 4.47. The Bertz CT molecular complexity index is 703. The second-order valence-corrected chi connectivity index (χ2v) is 4.47. The van der Waals surface area contributed by atoms with Crippen LogP contribution in [0, 0.1) is 0 Å². The maximum atomic E-state index is 12.1. The van der Waals surface area contributed by atoms with Crippen LogP contribution in [0.5, 0.6) is 5.75 Å². The molecule has 2 N–H and O–H groups in total. The lowest BCUT2D eigenvalue weighted by atomic mass is 10.2. The molecule has 7 nitrogen and oxygen atoms in total. The van der Waals surface area contributed by atoms with Crippen molar-refractivity contribution in [2.45, 2.75) is 13.0 Å².